The maximum atomic E-state index is 12.6. The summed E-state index contributed by atoms with van der Waals surface area (Å²) in [4.78, 5) is 11.9. The third kappa shape index (κ3) is 6.82. The van der Waals surface area contributed by atoms with E-state index in [1.165, 1.54) is 0 Å². The highest BCUT2D eigenvalue weighted by atomic mass is 16.7. The van der Waals surface area contributed by atoms with Crippen molar-refractivity contribution in [2.45, 2.75) is 197 Å². The van der Waals surface area contributed by atoms with E-state index in [0.29, 0.717) is 18.4 Å². The summed E-state index contributed by atoms with van der Waals surface area (Å²) in [6.07, 6.45) is 1.90. The zero-order valence-corrected chi connectivity index (χ0v) is 32.6. The molecule has 0 aromatic rings. The molecule has 8 aliphatic rings. The van der Waals surface area contributed by atoms with Gasteiger partial charge in [-0.2, -0.15) is 0 Å². The predicted octanol–water partition coefficient (Wildman–Crippen LogP) is 3.25. The number of carbonyl (C=O) groups excluding carboxylic acids is 1. The predicted molar refractivity (Wildman–Crippen MR) is 191 cm³/mol. The molecule has 13 heteroatoms. The van der Waals surface area contributed by atoms with Gasteiger partial charge < -0.3 is 58.7 Å². The first-order valence-electron chi connectivity index (χ1n) is 20.8. The van der Waals surface area contributed by atoms with E-state index in [1.54, 1.807) is 19.9 Å². The van der Waals surface area contributed by atoms with Crippen molar-refractivity contribution in [2.24, 2.45) is 34.5 Å². The summed E-state index contributed by atoms with van der Waals surface area (Å²) in [5.41, 5.74) is 0.215. The van der Waals surface area contributed by atoms with Gasteiger partial charge in [0, 0.05) is 30.8 Å². The molecule has 5 N–H and O–H groups in total. The van der Waals surface area contributed by atoms with Crippen LogP contribution in [0.3, 0.4) is 0 Å². The fraction of sp³-hybridized carbons (Fsp3) is 0.927. The van der Waals surface area contributed by atoms with Gasteiger partial charge >= 0.3 is 5.97 Å². The van der Waals surface area contributed by atoms with Gasteiger partial charge in [-0.15, -0.1) is 0 Å². The largest absolute Gasteiger partial charge is 0.458 e. The maximum Gasteiger partial charge on any atom is 0.331 e. The van der Waals surface area contributed by atoms with Crippen LogP contribution >= 0.6 is 0 Å². The Bertz CT molecular complexity index is 1370. The van der Waals surface area contributed by atoms with Gasteiger partial charge in [-0.05, 0) is 113 Å². The van der Waals surface area contributed by atoms with E-state index in [-0.39, 0.29) is 54.0 Å². The molecular weight excluding hydrogens is 700 g/mol. The van der Waals surface area contributed by atoms with Crippen LogP contribution in [-0.2, 0) is 38.0 Å². The molecule has 0 aromatic heterocycles. The van der Waals surface area contributed by atoms with Crippen LogP contribution in [0.15, 0.2) is 11.6 Å². The lowest BCUT2D eigenvalue weighted by Gasteiger charge is -2.64. The number of carbonyl (C=O) groups is 1. The molecule has 4 aliphatic carbocycles. The number of hydrogen-bond donors (Lipinski definition) is 5. The van der Waals surface area contributed by atoms with Crippen molar-refractivity contribution in [3.05, 3.63) is 11.6 Å². The fourth-order valence-electron chi connectivity index (χ4n) is 12.8. The van der Waals surface area contributed by atoms with E-state index < -0.39 is 79.4 Å². The minimum atomic E-state index is -0.996. The molecule has 3 saturated heterocycles. The number of rotatable bonds is 7. The van der Waals surface area contributed by atoms with Gasteiger partial charge in [0.25, 0.3) is 0 Å². The number of aliphatic hydroxyl groups is 5. The summed E-state index contributed by atoms with van der Waals surface area (Å²) in [5, 5.41) is 55.0. The van der Waals surface area contributed by atoms with Crippen molar-refractivity contribution in [3.8, 4) is 0 Å². The van der Waals surface area contributed by atoms with E-state index >= 15 is 0 Å². The molecule has 306 valence electrons. The van der Waals surface area contributed by atoms with Crippen LogP contribution in [0.2, 0.25) is 0 Å². The molecule has 0 aromatic carbocycles. The summed E-state index contributed by atoms with van der Waals surface area (Å²) in [6.45, 7) is 10.4. The van der Waals surface area contributed by atoms with Gasteiger partial charge in [0.2, 0.25) is 0 Å². The SMILES string of the molecule is C[C@H]1O[C@@H](O[C@H]2[C@@H](O)C[C@H](O[C@H]3[C@@H](O)C[C@H](O[C@H]4CC[C@@]5(C)[C@H](CC[C@@H]6[C@@H]5CC[C@]5(C)[C@H](C7=CC(=O)OC7)CC[C@]65O)C4)O[C@@H]3C)O[C@@H]2C)C[C@H](O)[C@@H]1O. The average Bonchev–Trinajstić information content (AvgIpc) is 3.66. The Morgan fingerprint density at radius 3 is 1.89 bits per heavy atom. The molecule has 7 fully saturated rings. The molecule has 0 unspecified atom stereocenters. The van der Waals surface area contributed by atoms with Crippen molar-refractivity contribution >= 4 is 5.97 Å². The highest BCUT2D eigenvalue weighted by Crippen LogP contribution is 2.70. The van der Waals surface area contributed by atoms with Gasteiger partial charge in [0.1, 0.15) is 24.9 Å². The molecule has 4 saturated carbocycles. The monoisotopic (exact) mass is 764 g/mol. The standard InChI is InChI=1S/C41H64O13/c1-20-36(46)29(42)16-34(49-20)53-38-22(3)51-35(18-31(38)44)54-37-21(2)50-33(17-30(37)43)52-25-8-11-39(4)24(15-25)6-7-28-27(39)9-12-40(5)26(10-13-41(28,40)47)23-14-32(45)48-19-23/h14,20-22,24-31,33-38,42-44,46-47H,6-13,15-19H2,1-5H3/t20-,21-,22-,24-,25+,26+,27+,28-,29+,30+,31+,33+,34+,35+,36-,37-,38-,39+,40-,41+/m1/s1. The Hall–Kier alpha value is -1.23. The minimum Gasteiger partial charge on any atom is -0.458 e. The Morgan fingerprint density at radius 1 is 0.685 bits per heavy atom. The molecule has 20 atom stereocenters. The second kappa shape index (κ2) is 14.9. The van der Waals surface area contributed by atoms with Crippen molar-refractivity contribution in [1.82, 2.24) is 0 Å². The van der Waals surface area contributed by atoms with Crippen LogP contribution in [0.1, 0.15) is 112 Å². The highest BCUT2D eigenvalue weighted by Gasteiger charge is 2.68. The topological polar surface area (TPSA) is 183 Å². The Morgan fingerprint density at radius 2 is 1.30 bits per heavy atom. The van der Waals surface area contributed by atoms with Crippen LogP contribution < -0.4 is 0 Å². The molecule has 0 amide bonds. The summed E-state index contributed by atoms with van der Waals surface area (Å²) in [7, 11) is 0. The number of ether oxygens (including phenoxy) is 7. The van der Waals surface area contributed by atoms with E-state index in [4.69, 9.17) is 33.2 Å². The molecular formula is C41H64O13. The number of esters is 1. The maximum absolute atomic E-state index is 12.6. The van der Waals surface area contributed by atoms with Crippen molar-refractivity contribution in [2.75, 3.05) is 6.61 Å². The number of aliphatic hydroxyl groups excluding tert-OH is 4. The second-order valence-corrected chi connectivity index (χ2v) is 18.7. The molecule has 4 heterocycles. The fourth-order valence-corrected chi connectivity index (χ4v) is 12.8. The first-order valence-corrected chi connectivity index (χ1v) is 20.8. The number of fused-ring (bicyclic) bond motifs is 5. The van der Waals surface area contributed by atoms with Gasteiger partial charge in [-0.3, -0.25) is 0 Å². The minimum absolute atomic E-state index is 0.0243. The highest BCUT2D eigenvalue weighted by molar-refractivity contribution is 5.85. The smallest absolute Gasteiger partial charge is 0.331 e. The van der Waals surface area contributed by atoms with E-state index in [0.717, 1.165) is 63.4 Å². The van der Waals surface area contributed by atoms with E-state index in [2.05, 4.69) is 13.8 Å². The number of cyclic esters (lactones) is 1. The zero-order chi connectivity index (χ0) is 38.3. The first-order chi connectivity index (χ1) is 25.6. The third-order valence-electron chi connectivity index (χ3n) is 15.9. The van der Waals surface area contributed by atoms with Crippen molar-refractivity contribution in [1.29, 1.82) is 0 Å². The summed E-state index contributed by atoms with van der Waals surface area (Å²) >= 11 is 0. The number of hydrogen-bond acceptors (Lipinski definition) is 13. The van der Waals surface area contributed by atoms with Crippen LogP contribution in [-0.4, -0.2) is 124 Å². The second-order valence-electron chi connectivity index (χ2n) is 18.7. The van der Waals surface area contributed by atoms with Crippen LogP contribution in [0, 0.1) is 34.5 Å². The Labute approximate surface area is 319 Å². The van der Waals surface area contributed by atoms with Crippen LogP contribution in [0.25, 0.3) is 0 Å². The Balaban J connectivity index is 0.826. The van der Waals surface area contributed by atoms with Gasteiger partial charge in [-0.25, -0.2) is 4.79 Å². The van der Waals surface area contributed by atoms with E-state index in [9.17, 15) is 30.3 Å². The summed E-state index contributed by atoms with van der Waals surface area (Å²) in [5.74, 6) is 1.13. The molecule has 4 aliphatic heterocycles. The van der Waals surface area contributed by atoms with E-state index in [1.807, 2.05) is 6.92 Å². The third-order valence-corrected chi connectivity index (χ3v) is 15.9. The first kappa shape index (κ1) is 39.6. The molecule has 0 spiro atoms. The lowest BCUT2D eigenvalue weighted by atomic mass is 9.43. The summed E-state index contributed by atoms with van der Waals surface area (Å²) in [6, 6.07) is 0. The Kier molecular flexibility index (Phi) is 10.9. The van der Waals surface area contributed by atoms with Gasteiger partial charge in [0.15, 0.2) is 18.9 Å². The van der Waals surface area contributed by atoms with Crippen molar-refractivity contribution in [3.63, 3.8) is 0 Å². The normalized spacial score (nSPS) is 55.0. The lowest BCUT2D eigenvalue weighted by Crippen LogP contribution is -2.62. The lowest BCUT2D eigenvalue weighted by molar-refractivity contribution is -0.336. The summed E-state index contributed by atoms with van der Waals surface area (Å²) < 4.78 is 42.2. The molecule has 0 radical (unpaired) electrons. The average molecular weight is 765 g/mol. The van der Waals surface area contributed by atoms with Gasteiger partial charge in [0.05, 0.1) is 48.3 Å². The molecule has 8 rings (SSSR count). The van der Waals surface area contributed by atoms with Crippen LogP contribution in [0.4, 0.5) is 0 Å². The van der Waals surface area contributed by atoms with Crippen molar-refractivity contribution < 1.29 is 63.5 Å². The molecule has 54 heavy (non-hydrogen) atoms. The quantitative estimate of drug-likeness (QED) is 0.188. The zero-order valence-electron chi connectivity index (χ0n) is 32.6. The van der Waals surface area contributed by atoms with Crippen LogP contribution in [0.5, 0.6) is 0 Å². The molecule has 0 bridgehead atoms. The molecule has 13 nitrogen and oxygen atoms in total. The van der Waals surface area contributed by atoms with Gasteiger partial charge in [-0.1, -0.05) is 13.8 Å².